The molecule has 2 atom stereocenters. The average Bonchev–Trinajstić information content (AvgIpc) is 3.10. The zero-order chi connectivity index (χ0) is 17.6. The normalized spacial score (nSPS) is 13.6. The van der Waals surface area contributed by atoms with Crippen LogP contribution in [0.2, 0.25) is 0 Å². The number of nitrogens with one attached hydrogen (secondary N) is 1. The van der Waals surface area contributed by atoms with Gasteiger partial charge in [-0.15, -0.1) is 0 Å². The highest BCUT2D eigenvalue weighted by Gasteiger charge is 2.13. The Morgan fingerprint density at radius 3 is 2.52 bits per heavy atom. The van der Waals surface area contributed by atoms with Crippen molar-refractivity contribution in [1.82, 2.24) is 10.3 Å². The molecule has 0 radical (unpaired) electrons. The van der Waals surface area contributed by atoms with Crippen molar-refractivity contribution in [3.05, 3.63) is 77.7 Å². The third-order valence-electron chi connectivity index (χ3n) is 4.24. The van der Waals surface area contributed by atoms with E-state index in [0.29, 0.717) is 18.9 Å². The van der Waals surface area contributed by atoms with E-state index in [2.05, 4.69) is 24.1 Å². The summed E-state index contributed by atoms with van der Waals surface area (Å²) in [6.45, 7) is 4.73. The Hall–Kier alpha value is -2.43. The molecule has 0 spiro atoms. The Morgan fingerprint density at radius 2 is 1.80 bits per heavy atom. The lowest BCUT2D eigenvalue weighted by molar-refractivity contribution is 0.153. The van der Waals surface area contributed by atoms with E-state index in [-0.39, 0.29) is 6.04 Å². The molecule has 1 aromatic heterocycles. The molecule has 0 fully saturated rings. The standard InChI is InChI=1S/C21H24N2O2/c1-15-8-10-18(11-9-15)21-23-19(14-25-21)13-22-16(2)12-20(24)17-6-4-3-5-7-17/h3-11,14,16,20,22,24H,12-13H2,1-2H3. The number of aliphatic hydroxyl groups is 1. The molecule has 25 heavy (non-hydrogen) atoms. The number of hydrogen-bond donors (Lipinski definition) is 2. The van der Waals surface area contributed by atoms with Gasteiger partial charge in [0.15, 0.2) is 0 Å². The highest BCUT2D eigenvalue weighted by molar-refractivity contribution is 5.53. The van der Waals surface area contributed by atoms with E-state index < -0.39 is 6.10 Å². The van der Waals surface area contributed by atoms with Crippen molar-refractivity contribution >= 4 is 0 Å². The molecule has 130 valence electrons. The molecule has 0 saturated carbocycles. The van der Waals surface area contributed by atoms with Gasteiger partial charge < -0.3 is 14.8 Å². The van der Waals surface area contributed by atoms with Crippen molar-refractivity contribution in [3.8, 4) is 11.5 Å². The van der Waals surface area contributed by atoms with Gasteiger partial charge in [0.25, 0.3) is 0 Å². The second-order valence-corrected chi connectivity index (χ2v) is 6.45. The molecule has 0 aliphatic heterocycles. The minimum absolute atomic E-state index is 0.162. The number of hydrogen-bond acceptors (Lipinski definition) is 4. The van der Waals surface area contributed by atoms with Crippen LogP contribution in [0, 0.1) is 6.92 Å². The third kappa shape index (κ3) is 4.78. The molecule has 2 N–H and O–H groups in total. The minimum Gasteiger partial charge on any atom is -0.444 e. The first-order valence-corrected chi connectivity index (χ1v) is 8.59. The number of benzene rings is 2. The maximum absolute atomic E-state index is 10.3. The van der Waals surface area contributed by atoms with Crippen molar-refractivity contribution in [2.24, 2.45) is 0 Å². The Bertz CT molecular complexity index is 781. The van der Waals surface area contributed by atoms with E-state index in [0.717, 1.165) is 16.8 Å². The molecular weight excluding hydrogens is 312 g/mol. The summed E-state index contributed by atoms with van der Waals surface area (Å²) < 4.78 is 5.57. The molecule has 0 saturated heterocycles. The predicted octanol–water partition coefficient (Wildman–Crippen LogP) is 4.25. The van der Waals surface area contributed by atoms with E-state index in [9.17, 15) is 5.11 Å². The zero-order valence-electron chi connectivity index (χ0n) is 14.6. The fourth-order valence-corrected chi connectivity index (χ4v) is 2.73. The molecule has 2 aromatic carbocycles. The maximum atomic E-state index is 10.3. The number of rotatable bonds is 7. The number of aliphatic hydroxyl groups excluding tert-OH is 1. The summed E-state index contributed by atoms with van der Waals surface area (Å²) in [5.74, 6) is 0.633. The molecule has 0 amide bonds. The summed E-state index contributed by atoms with van der Waals surface area (Å²) in [7, 11) is 0. The van der Waals surface area contributed by atoms with Crippen LogP contribution in [-0.2, 0) is 6.54 Å². The summed E-state index contributed by atoms with van der Waals surface area (Å²) in [6.07, 6.45) is 1.86. The van der Waals surface area contributed by atoms with Crippen LogP contribution < -0.4 is 5.32 Å². The zero-order valence-corrected chi connectivity index (χ0v) is 14.6. The first-order valence-electron chi connectivity index (χ1n) is 8.59. The highest BCUT2D eigenvalue weighted by atomic mass is 16.3. The van der Waals surface area contributed by atoms with E-state index in [1.807, 2.05) is 54.6 Å². The van der Waals surface area contributed by atoms with Gasteiger partial charge in [-0.1, -0.05) is 48.0 Å². The van der Waals surface area contributed by atoms with Crippen LogP contribution in [-0.4, -0.2) is 16.1 Å². The number of nitrogens with zero attached hydrogens (tertiary/aromatic N) is 1. The van der Waals surface area contributed by atoms with Crippen LogP contribution in [0.3, 0.4) is 0 Å². The fourth-order valence-electron chi connectivity index (χ4n) is 2.73. The second kappa shape index (κ2) is 8.10. The minimum atomic E-state index is -0.468. The summed E-state index contributed by atoms with van der Waals surface area (Å²) >= 11 is 0. The van der Waals surface area contributed by atoms with Gasteiger partial charge in [-0.3, -0.25) is 0 Å². The summed E-state index contributed by atoms with van der Waals surface area (Å²) in [6, 6.07) is 18.0. The van der Waals surface area contributed by atoms with Gasteiger partial charge in [0.1, 0.15) is 6.26 Å². The van der Waals surface area contributed by atoms with Gasteiger partial charge in [0.2, 0.25) is 5.89 Å². The SMILES string of the molecule is Cc1ccc(-c2nc(CNC(C)CC(O)c3ccccc3)co2)cc1. The first-order chi connectivity index (χ1) is 12.1. The van der Waals surface area contributed by atoms with Gasteiger partial charge >= 0.3 is 0 Å². The molecule has 4 nitrogen and oxygen atoms in total. The molecule has 1 heterocycles. The third-order valence-corrected chi connectivity index (χ3v) is 4.24. The largest absolute Gasteiger partial charge is 0.444 e. The van der Waals surface area contributed by atoms with E-state index in [4.69, 9.17) is 4.42 Å². The number of aromatic nitrogens is 1. The predicted molar refractivity (Wildman–Crippen MR) is 99.0 cm³/mol. The maximum Gasteiger partial charge on any atom is 0.226 e. The van der Waals surface area contributed by atoms with Gasteiger partial charge in [0.05, 0.1) is 11.8 Å². The lowest BCUT2D eigenvalue weighted by atomic mass is 10.0. The van der Waals surface area contributed by atoms with Crippen molar-refractivity contribution in [2.75, 3.05) is 0 Å². The second-order valence-electron chi connectivity index (χ2n) is 6.45. The van der Waals surface area contributed by atoms with Gasteiger partial charge in [-0.05, 0) is 38.0 Å². The lowest BCUT2D eigenvalue weighted by Gasteiger charge is -2.17. The van der Waals surface area contributed by atoms with Gasteiger partial charge in [-0.2, -0.15) is 0 Å². The van der Waals surface area contributed by atoms with Crippen LogP contribution in [0.4, 0.5) is 0 Å². The van der Waals surface area contributed by atoms with Crippen molar-refractivity contribution in [2.45, 2.75) is 39.0 Å². The first kappa shape index (κ1) is 17.4. The average molecular weight is 336 g/mol. The van der Waals surface area contributed by atoms with Crippen LogP contribution in [0.25, 0.3) is 11.5 Å². The smallest absolute Gasteiger partial charge is 0.226 e. The number of aryl methyl sites for hydroxylation is 1. The molecule has 0 bridgehead atoms. The lowest BCUT2D eigenvalue weighted by Crippen LogP contribution is -2.27. The monoisotopic (exact) mass is 336 g/mol. The molecule has 3 aromatic rings. The Kier molecular flexibility index (Phi) is 5.64. The van der Waals surface area contributed by atoms with Crippen molar-refractivity contribution in [1.29, 1.82) is 0 Å². The van der Waals surface area contributed by atoms with E-state index in [1.165, 1.54) is 5.56 Å². The quantitative estimate of drug-likeness (QED) is 0.677. The van der Waals surface area contributed by atoms with Crippen LogP contribution >= 0.6 is 0 Å². The molecule has 0 aliphatic rings. The molecular formula is C21H24N2O2. The Morgan fingerprint density at radius 1 is 1.08 bits per heavy atom. The highest BCUT2D eigenvalue weighted by Crippen LogP contribution is 2.20. The van der Waals surface area contributed by atoms with Gasteiger partial charge in [-0.25, -0.2) is 4.98 Å². The fraction of sp³-hybridized carbons (Fsp3) is 0.286. The van der Waals surface area contributed by atoms with Crippen LogP contribution in [0.5, 0.6) is 0 Å². The molecule has 0 aliphatic carbocycles. The van der Waals surface area contributed by atoms with Crippen LogP contribution in [0.1, 0.15) is 36.3 Å². The van der Waals surface area contributed by atoms with Crippen molar-refractivity contribution in [3.63, 3.8) is 0 Å². The van der Waals surface area contributed by atoms with Crippen LogP contribution in [0.15, 0.2) is 65.3 Å². The summed E-state index contributed by atoms with van der Waals surface area (Å²) in [5.41, 5.74) is 3.99. The van der Waals surface area contributed by atoms with E-state index >= 15 is 0 Å². The Balaban J connectivity index is 1.52. The summed E-state index contributed by atoms with van der Waals surface area (Å²) in [4.78, 5) is 4.53. The Labute approximate surface area is 148 Å². The topological polar surface area (TPSA) is 58.3 Å². The molecule has 2 unspecified atom stereocenters. The van der Waals surface area contributed by atoms with Gasteiger partial charge in [0, 0.05) is 18.2 Å². The van der Waals surface area contributed by atoms with E-state index in [1.54, 1.807) is 6.26 Å². The molecule has 3 rings (SSSR count). The molecule has 4 heteroatoms. The number of oxazole rings is 1. The summed E-state index contributed by atoms with van der Waals surface area (Å²) in [5, 5.41) is 13.7. The van der Waals surface area contributed by atoms with Crippen molar-refractivity contribution < 1.29 is 9.52 Å².